The van der Waals surface area contributed by atoms with Gasteiger partial charge in [0.05, 0.1) is 24.7 Å². The maximum absolute atomic E-state index is 9.80. The third-order valence-corrected chi connectivity index (χ3v) is 4.32. The van der Waals surface area contributed by atoms with E-state index in [1.807, 2.05) is 0 Å². The Morgan fingerprint density at radius 1 is 1.33 bits per heavy atom. The first kappa shape index (κ1) is 18.3. The number of rotatable bonds is 6. The summed E-state index contributed by atoms with van der Waals surface area (Å²) in [4.78, 5) is 12.0. The van der Waals surface area contributed by atoms with Crippen molar-refractivity contribution in [1.29, 1.82) is 5.26 Å². The van der Waals surface area contributed by atoms with E-state index in [9.17, 15) is 10.4 Å². The number of phenols is 1. The number of nitriles is 1. The molecule has 2 aromatic heterocycles. The zero-order chi connectivity index (χ0) is 19.4. The molecule has 0 saturated carbocycles. The van der Waals surface area contributed by atoms with E-state index in [2.05, 4.69) is 27.9 Å². The lowest BCUT2D eigenvalue weighted by Crippen LogP contribution is -2.00. The minimum atomic E-state index is 0.0391. The van der Waals surface area contributed by atoms with Crippen LogP contribution >= 0.6 is 0 Å². The number of unbranched alkanes of at least 4 members (excludes halogenated alkanes) is 1. The number of benzene rings is 1. The van der Waals surface area contributed by atoms with Crippen LogP contribution in [0.3, 0.4) is 0 Å². The summed E-state index contributed by atoms with van der Waals surface area (Å²) in [5, 5.41) is 19.3. The Bertz CT molecular complexity index is 1000. The Kier molecular flexibility index (Phi) is 5.27. The van der Waals surface area contributed by atoms with Gasteiger partial charge in [0, 0.05) is 17.5 Å². The molecule has 27 heavy (non-hydrogen) atoms. The van der Waals surface area contributed by atoms with Crippen molar-refractivity contribution >= 4 is 5.82 Å². The van der Waals surface area contributed by atoms with Crippen molar-refractivity contribution in [2.24, 2.45) is 0 Å². The van der Waals surface area contributed by atoms with E-state index in [4.69, 9.17) is 10.5 Å². The molecule has 0 radical (unpaired) electrons. The van der Waals surface area contributed by atoms with Crippen molar-refractivity contribution < 1.29 is 9.84 Å². The number of imidazole rings is 1. The summed E-state index contributed by atoms with van der Waals surface area (Å²) in [5.74, 6) is 1.39. The van der Waals surface area contributed by atoms with Gasteiger partial charge in [-0.2, -0.15) is 5.26 Å². The molecule has 2 heterocycles. The molecule has 0 unspecified atom stereocenters. The SMILES string of the molecule is CCCCc1ncc(-c2cc(-c3ccc(O)c(OC)c3)nc(N)c2C#N)[nH]1. The molecule has 4 N–H and O–H groups in total. The van der Waals surface area contributed by atoms with Gasteiger partial charge in [-0.1, -0.05) is 13.3 Å². The number of ether oxygens (including phenoxy) is 1. The molecule has 0 saturated heterocycles. The standard InChI is InChI=1S/C20H21N5O2/c1-3-4-5-19-23-11-16(24-19)13-9-15(25-20(22)14(13)10-21)12-6-7-17(26)18(8-12)27-2/h6-9,11,26H,3-5H2,1-2H3,(H2,22,25)(H,23,24). The lowest BCUT2D eigenvalue weighted by atomic mass is 10.0. The summed E-state index contributed by atoms with van der Waals surface area (Å²) < 4.78 is 5.16. The van der Waals surface area contributed by atoms with Crippen LogP contribution in [0.5, 0.6) is 11.5 Å². The fourth-order valence-electron chi connectivity index (χ4n) is 2.85. The Morgan fingerprint density at radius 2 is 2.15 bits per heavy atom. The van der Waals surface area contributed by atoms with E-state index < -0.39 is 0 Å². The Morgan fingerprint density at radius 3 is 2.85 bits per heavy atom. The lowest BCUT2D eigenvalue weighted by Gasteiger charge is -2.10. The highest BCUT2D eigenvalue weighted by molar-refractivity contribution is 5.79. The molecule has 3 aromatic rings. The highest BCUT2D eigenvalue weighted by atomic mass is 16.5. The summed E-state index contributed by atoms with van der Waals surface area (Å²) in [7, 11) is 1.48. The first-order valence-corrected chi connectivity index (χ1v) is 8.69. The van der Waals surface area contributed by atoms with Crippen LogP contribution in [0.15, 0.2) is 30.5 Å². The van der Waals surface area contributed by atoms with Gasteiger partial charge in [-0.25, -0.2) is 9.97 Å². The Hall–Kier alpha value is -3.53. The van der Waals surface area contributed by atoms with Crippen molar-refractivity contribution in [2.75, 3.05) is 12.8 Å². The molecule has 7 nitrogen and oxygen atoms in total. The summed E-state index contributed by atoms with van der Waals surface area (Å²) in [6.07, 6.45) is 4.67. The fourth-order valence-corrected chi connectivity index (χ4v) is 2.85. The second-order valence-electron chi connectivity index (χ2n) is 6.16. The van der Waals surface area contributed by atoms with Crippen LogP contribution in [0, 0.1) is 11.3 Å². The average molecular weight is 363 g/mol. The van der Waals surface area contributed by atoms with E-state index >= 15 is 0 Å². The monoisotopic (exact) mass is 363 g/mol. The van der Waals surface area contributed by atoms with Gasteiger partial charge < -0.3 is 20.6 Å². The molecule has 0 amide bonds. The summed E-state index contributed by atoms with van der Waals surface area (Å²) in [5.41, 5.74) is 9.00. The van der Waals surface area contributed by atoms with Gasteiger partial charge >= 0.3 is 0 Å². The van der Waals surface area contributed by atoms with Crippen LogP contribution in [0.1, 0.15) is 31.2 Å². The van der Waals surface area contributed by atoms with Gasteiger partial charge in [0.15, 0.2) is 11.5 Å². The number of aromatic nitrogens is 3. The van der Waals surface area contributed by atoms with E-state index in [1.54, 1.807) is 24.4 Å². The van der Waals surface area contributed by atoms with E-state index in [-0.39, 0.29) is 11.6 Å². The lowest BCUT2D eigenvalue weighted by molar-refractivity contribution is 0.373. The van der Waals surface area contributed by atoms with E-state index in [0.29, 0.717) is 28.1 Å². The number of nitrogens with two attached hydrogens (primary N) is 1. The zero-order valence-electron chi connectivity index (χ0n) is 15.3. The van der Waals surface area contributed by atoms with Crippen molar-refractivity contribution in [3.05, 3.63) is 41.9 Å². The molecule has 0 bridgehead atoms. The number of nitrogens with zero attached hydrogens (tertiary/aromatic N) is 3. The zero-order valence-corrected chi connectivity index (χ0v) is 15.3. The molecule has 0 aliphatic carbocycles. The van der Waals surface area contributed by atoms with Gasteiger partial charge in [0.2, 0.25) is 0 Å². The molecule has 0 atom stereocenters. The molecule has 138 valence electrons. The number of hydrogen-bond donors (Lipinski definition) is 3. The topological polar surface area (TPSA) is 121 Å². The number of pyridine rings is 1. The molecule has 0 aliphatic heterocycles. The number of aromatic hydroxyl groups is 1. The average Bonchev–Trinajstić information content (AvgIpc) is 3.15. The van der Waals surface area contributed by atoms with E-state index in [0.717, 1.165) is 30.8 Å². The fraction of sp³-hybridized carbons (Fsp3) is 0.250. The smallest absolute Gasteiger partial charge is 0.161 e. The van der Waals surface area contributed by atoms with Gasteiger partial charge in [0.25, 0.3) is 0 Å². The van der Waals surface area contributed by atoms with Gasteiger partial charge in [-0.05, 0) is 30.7 Å². The minimum Gasteiger partial charge on any atom is -0.504 e. The number of anilines is 1. The number of aromatic amines is 1. The molecule has 1 aromatic carbocycles. The molecule has 0 aliphatic rings. The van der Waals surface area contributed by atoms with Gasteiger partial charge in [0.1, 0.15) is 23.3 Å². The summed E-state index contributed by atoms with van der Waals surface area (Å²) >= 11 is 0. The van der Waals surface area contributed by atoms with Crippen LogP contribution in [0.2, 0.25) is 0 Å². The summed E-state index contributed by atoms with van der Waals surface area (Å²) in [6.45, 7) is 2.12. The van der Waals surface area contributed by atoms with Gasteiger partial charge in [-0.15, -0.1) is 0 Å². The molecule has 3 rings (SSSR count). The van der Waals surface area contributed by atoms with Gasteiger partial charge in [-0.3, -0.25) is 0 Å². The van der Waals surface area contributed by atoms with Crippen molar-refractivity contribution in [3.8, 4) is 40.1 Å². The molecule has 0 fully saturated rings. The Balaban J connectivity index is 2.09. The van der Waals surface area contributed by atoms with Crippen LogP contribution in [0.4, 0.5) is 5.82 Å². The molecular weight excluding hydrogens is 342 g/mol. The minimum absolute atomic E-state index is 0.0391. The first-order valence-electron chi connectivity index (χ1n) is 8.69. The quantitative estimate of drug-likeness (QED) is 0.615. The molecular formula is C20H21N5O2. The third kappa shape index (κ3) is 3.70. The van der Waals surface area contributed by atoms with Crippen LogP contribution in [-0.2, 0) is 6.42 Å². The first-order chi connectivity index (χ1) is 13.1. The number of phenolic OH excluding ortho intramolecular Hbond substituents is 1. The summed E-state index contributed by atoms with van der Waals surface area (Å²) in [6, 6.07) is 8.84. The predicted octanol–water partition coefficient (Wildman–Crippen LogP) is 3.65. The number of H-pyrrole nitrogens is 1. The number of methoxy groups -OCH3 is 1. The second kappa shape index (κ2) is 7.79. The largest absolute Gasteiger partial charge is 0.504 e. The Labute approximate surface area is 157 Å². The third-order valence-electron chi connectivity index (χ3n) is 4.32. The highest BCUT2D eigenvalue weighted by Gasteiger charge is 2.16. The number of aryl methyl sites for hydroxylation is 1. The van der Waals surface area contributed by atoms with Crippen LogP contribution in [-0.4, -0.2) is 27.2 Å². The van der Waals surface area contributed by atoms with Crippen LogP contribution < -0.4 is 10.5 Å². The number of hydrogen-bond acceptors (Lipinski definition) is 6. The molecule has 7 heteroatoms. The maximum atomic E-state index is 9.80. The van der Waals surface area contributed by atoms with Crippen molar-refractivity contribution in [2.45, 2.75) is 26.2 Å². The normalized spacial score (nSPS) is 10.6. The molecule has 0 spiro atoms. The highest BCUT2D eigenvalue weighted by Crippen LogP contribution is 2.34. The maximum Gasteiger partial charge on any atom is 0.161 e. The van der Waals surface area contributed by atoms with Crippen LogP contribution in [0.25, 0.3) is 22.5 Å². The second-order valence-corrected chi connectivity index (χ2v) is 6.16. The van der Waals surface area contributed by atoms with E-state index in [1.165, 1.54) is 13.2 Å². The predicted molar refractivity (Wildman–Crippen MR) is 103 cm³/mol. The number of nitrogens with one attached hydrogen (secondary N) is 1. The number of nitrogen functional groups attached to an aromatic ring is 1. The van der Waals surface area contributed by atoms with Crippen molar-refractivity contribution in [1.82, 2.24) is 15.0 Å². The van der Waals surface area contributed by atoms with Crippen molar-refractivity contribution in [3.63, 3.8) is 0 Å².